The van der Waals surface area contributed by atoms with Crippen LogP contribution in [0.15, 0.2) is 40.1 Å². The lowest BCUT2D eigenvalue weighted by molar-refractivity contribution is -0.131. The number of anilines is 1. The van der Waals surface area contributed by atoms with Crippen molar-refractivity contribution in [2.45, 2.75) is 43.7 Å². The average Bonchev–Trinajstić information content (AvgIpc) is 3.34. The number of benzene rings is 1. The van der Waals surface area contributed by atoms with E-state index < -0.39 is 17.9 Å². The lowest BCUT2D eigenvalue weighted by Crippen LogP contribution is -2.41. The molecule has 8 nitrogen and oxygen atoms in total. The van der Waals surface area contributed by atoms with Crippen LogP contribution in [0.25, 0.3) is 0 Å². The standard InChI is InChI=1S/C23H23ClN2O6/c1-11-8-18(25-32-11)26-20(14-10-13(29-2)5-7-16(14)30-3)19-21(27)15-9-12(24)4-6-17(15)31-22(19)23(26)28/h5,7-8,10,12,15,17,20H,4,6,9H2,1-3H3. The maximum Gasteiger partial charge on any atom is 0.295 e. The van der Waals surface area contributed by atoms with Gasteiger partial charge in [-0.25, -0.2) is 0 Å². The Morgan fingerprint density at radius 2 is 1.97 bits per heavy atom. The summed E-state index contributed by atoms with van der Waals surface area (Å²) < 4.78 is 22.4. The minimum atomic E-state index is -0.795. The molecular weight excluding hydrogens is 436 g/mol. The molecule has 0 spiro atoms. The van der Waals surface area contributed by atoms with Crippen LogP contribution in [0.5, 0.6) is 11.5 Å². The molecule has 5 rings (SSSR count). The van der Waals surface area contributed by atoms with Crippen LogP contribution in [-0.2, 0) is 14.3 Å². The quantitative estimate of drug-likeness (QED) is 0.645. The van der Waals surface area contributed by atoms with Gasteiger partial charge >= 0.3 is 0 Å². The molecule has 9 heteroatoms. The van der Waals surface area contributed by atoms with Crippen molar-refractivity contribution < 1.29 is 28.3 Å². The zero-order valence-corrected chi connectivity index (χ0v) is 18.7. The van der Waals surface area contributed by atoms with Crippen molar-refractivity contribution in [3.8, 4) is 11.5 Å². The smallest absolute Gasteiger partial charge is 0.295 e. The van der Waals surface area contributed by atoms with Crippen molar-refractivity contribution in [3.05, 3.63) is 46.9 Å². The van der Waals surface area contributed by atoms with Crippen LogP contribution in [0.2, 0.25) is 0 Å². The van der Waals surface area contributed by atoms with E-state index in [0.29, 0.717) is 47.1 Å². The van der Waals surface area contributed by atoms with E-state index in [1.165, 1.54) is 12.0 Å². The number of amides is 1. The zero-order chi connectivity index (χ0) is 22.6. The third-order valence-electron chi connectivity index (χ3n) is 6.38. The fourth-order valence-corrected chi connectivity index (χ4v) is 5.18. The molecule has 4 atom stereocenters. The first-order valence-corrected chi connectivity index (χ1v) is 10.9. The van der Waals surface area contributed by atoms with Gasteiger partial charge in [-0.05, 0) is 44.4 Å². The zero-order valence-electron chi connectivity index (χ0n) is 18.0. The van der Waals surface area contributed by atoms with Gasteiger partial charge in [0.15, 0.2) is 17.4 Å². The minimum absolute atomic E-state index is 0.0693. The molecule has 1 amide bonds. The van der Waals surface area contributed by atoms with E-state index in [0.717, 1.165) is 6.42 Å². The Labute approximate surface area is 190 Å². The summed E-state index contributed by atoms with van der Waals surface area (Å²) in [5.74, 6) is 1.05. The second-order valence-electron chi connectivity index (χ2n) is 8.26. The normalized spacial score (nSPS) is 27.2. The third kappa shape index (κ3) is 3.16. The molecule has 32 heavy (non-hydrogen) atoms. The Bertz CT molecular complexity index is 1130. The summed E-state index contributed by atoms with van der Waals surface area (Å²) in [5, 5.41) is 3.96. The first-order chi connectivity index (χ1) is 15.4. The minimum Gasteiger partial charge on any atom is -0.497 e. The third-order valence-corrected chi connectivity index (χ3v) is 6.77. The van der Waals surface area contributed by atoms with Crippen LogP contribution in [0, 0.1) is 12.8 Å². The molecular formula is C23H23ClN2O6. The topological polar surface area (TPSA) is 91.1 Å². The Morgan fingerprint density at radius 1 is 1.16 bits per heavy atom. The van der Waals surface area contributed by atoms with Gasteiger partial charge in [0, 0.05) is 17.0 Å². The summed E-state index contributed by atoms with van der Waals surface area (Å²) in [6, 6.07) is 6.12. The monoisotopic (exact) mass is 458 g/mol. The van der Waals surface area contributed by atoms with E-state index in [1.54, 1.807) is 38.3 Å². The van der Waals surface area contributed by atoms with Crippen molar-refractivity contribution >= 4 is 29.1 Å². The highest BCUT2D eigenvalue weighted by Crippen LogP contribution is 2.50. The summed E-state index contributed by atoms with van der Waals surface area (Å²) in [6.45, 7) is 1.74. The summed E-state index contributed by atoms with van der Waals surface area (Å²) in [5.41, 5.74) is 0.897. The number of carbonyl (C=O) groups excluding carboxylic acids is 2. The first-order valence-electron chi connectivity index (χ1n) is 10.5. The van der Waals surface area contributed by atoms with E-state index in [1.807, 2.05) is 0 Å². The molecule has 168 valence electrons. The number of rotatable bonds is 4. The molecule has 0 N–H and O–H groups in total. The molecule has 1 aromatic carbocycles. The number of ether oxygens (including phenoxy) is 3. The summed E-state index contributed by atoms with van der Waals surface area (Å²) in [6.07, 6.45) is 1.53. The highest BCUT2D eigenvalue weighted by molar-refractivity contribution is 6.21. The number of Topliss-reactive ketones (excluding diaryl/α,β-unsaturated/α-hetero) is 1. The van der Waals surface area contributed by atoms with Gasteiger partial charge in [0.05, 0.1) is 25.7 Å². The number of halogens is 1. The number of methoxy groups -OCH3 is 2. The van der Waals surface area contributed by atoms with E-state index >= 15 is 0 Å². The van der Waals surface area contributed by atoms with Crippen LogP contribution in [0.1, 0.15) is 36.6 Å². The van der Waals surface area contributed by atoms with Gasteiger partial charge in [0.25, 0.3) is 5.91 Å². The number of ketones is 1. The number of alkyl halides is 1. The van der Waals surface area contributed by atoms with Crippen LogP contribution < -0.4 is 14.4 Å². The Morgan fingerprint density at radius 3 is 2.66 bits per heavy atom. The number of nitrogens with zero attached hydrogens (tertiary/aromatic N) is 2. The molecule has 2 aliphatic heterocycles. The van der Waals surface area contributed by atoms with E-state index in [2.05, 4.69) is 5.16 Å². The SMILES string of the molecule is COc1ccc(OC)c(C2C3=C(OC4CCC(Cl)CC4C3=O)C(=O)N2c2cc(C)on2)c1. The van der Waals surface area contributed by atoms with Crippen LogP contribution in [0.4, 0.5) is 5.82 Å². The maximum absolute atomic E-state index is 13.8. The van der Waals surface area contributed by atoms with Crippen molar-refractivity contribution in [1.29, 1.82) is 0 Å². The molecule has 0 radical (unpaired) electrons. The molecule has 1 aromatic heterocycles. The number of hydrogen-bond acceptors (Lipinski definition) is 7. The number of fused-ring (bicyclic) bond motifs is 1. The predicted octanol–water partition coefficient (Wildman–Crippen LogP) is 3.72. The van der Waals surface area contributed by atoms with Gasteiger partial charge in [-0.3, -0.25) is 14.5 Å². The number of aryl methyl sites for hydroxylation is 1. The van der Waals surface area contributed by atoms with E-state index in [9.17, 15) is 9.59 Å². The first kappa shape index (κ1) is 20.9. The summed E-state index contributed by atoms with van der Waals surface area (Å²) >= 11 is 6.38. The molecule has 3 heterocycles. The maximum atomic E-state index is 13.8. The van der Waals surface area contributed by atoms with Gasteiger partial charge in [-0.15, -0.1) is 11.6 Å². The van der Waals surface area contributed by atoms with Gasteiger partial charge < -0.3 is 18.7 Å². The molecule has 0 saturated heterocycles. The van der Waals surface area contributed by atoms with Crippen LogP contribution >= 0.6 is 11.6 Å². The fourth-order valence-electron chi connectivity index (χ4n) is 4.87. The molecule has 2 aromatic rings. The highest BCUT2D eigenvalue weighted by Gasteiger charge is 2.54. The fraction of sp³-hybridized carbons (Fsp3) is 0.435. The van der Waals surface area contributed by atoms with E-state index in [-0.39, 0.29) is 23.0 Å². The van der Waals surface area contributed by atoms with Crippen LogP contribution in [-0.4, -0.2) is 42.5 Å². The second kappa shape index (κ2) is 7.85. The van der Waals surface area contributed by atoms with Gasteiger partial charge in [0.1, 0.15) is 29.4 Å². The summed E-state index contributed by atoms with van der Waals surface area (Å²) in [7, 11) is 3.09. The summed E-state index contributed by atoms with van der Waals surface area (Å²) in [4.78, 5) is 28.8. The van der Waals surface area contributed by atoms with Gasteiger partial charge in [-0.2, -0.15) is 0 Å². The molecule has 1 saturated carbocycles. The van der Waals surface area contributed by atoms with Crippen LogP contribution in [0.3, 0.4) is 0 Å². The van der Waals surface area contributed by atoms with Gasteiger partial charge in [-0.1, -0.05) is 5.16 Å². The number of hydrogen-bond donors (Lipinski definition) is 0. The number of aromatic nitrogens is 1. The average molecular weight is 459 g/mol. The van der Waals surface area contributed by atoms with Crippen molar-refractivity contribution in [1.82, 2.24) is 5.16 Å². The largest absolute Gasteiger partial charge is 0.497 e. The number of carbonyl (C=O) groups is 2. The Hall–Kier alpha value is -3.00. The lowest BCUT2D eigenvalue weighted by Gasteiger charge is -2.37. The van der Waals surface area contributed by atoms with Gasteiger partial charge in [0.2, 0.25) is 0 Å². The van der Waals surface area contributed by atoms with Crippen molar-refractivity contribution in [2.75, 3.05) is 19.1 Å². The molecule has 1 fully saturated rings. The van der Waals surface area contributed by atoms with Crippen molar-refractivity contribution in [2.24, 2.45) is 5.92 Å². The molecule has 3 aliphatic rings. The lowest BCUT2D eigenvalue weighted by atomic mass is 9.77. The predicted molar refractivity (Wildman–Crippen MR) is 115 cm³/mol. The highest BCUT2D eigenvalue weighted by atomic mass is 35.5. The Balaban J connectivity index is 1.69. The molecule has 4 unspecified atom stereocenters. The Kier molecular flexibility index (Phi) is 5.12. The van der Waals surface area contributed by atoms with Crippen molar-refractivity contribution in [3.63, 3.8) is 0 Å². The molecule has 0 bridgehead atoms. The molecule has 1 aliphatic carbocycles. The van der Waals surface area contributed by atoms with E-state index in [4.69, 9.17) is 30.3 Å². The second-order valence-corrected chi connectivity index (χ2v) is 8.88.